The molecule has 26 heavy (non-hydrogen) atoms. The largest absolute Gasteiger partial charge is 0.334 e. The van der Waals surface area contributed by atoms with Crippen molar-refractivity contribution >= 4 is 17.2 Å². The Hall–Kier alpha value is -2.16. The van der Waals surface area contributed by atoms with Crippen LogP contribution in [0.5, 0.6) is 0 Å². The zero-order valence-corrected chi connectivity index (χ0v) is 15.7. The summed E-state index contributed by atoms with van der Waals surface area (Å²) in [5, 5.41) is 8.97. The van der Waals surface area contributed by atoms with Crippen LogP contribution in [0.2, 0.25) is 0 Å². The minimum Gasteiger partial charge on any atom is -0.334 e. The molecular weight excluding hydrogens is 342 g/mol. The fourth-order valence-corrected chi connectivity index (χ4v) is 4.86. The number of thiophene rings is 1. The molecule has 0 aliphatic carbocycles. The van der Waals surface area contributed by atoms with Gasteiger partial charge in [-0.2, -0.15) is 5.26 Å². The highest BCUT2D eigenvalue weighted by Gasteiger charge is 2.31. The molecule has 2 saturated heterocycles. The molecule has 1 atom stereocenters. The summed E-state index contributed by atoms with van der Waals surface area (Å²) in [5.41, 5.74) is 1.82. The van der Waals surface area contributed by atoms with Crippen LogP contribution in [0.4, 0.5) is 0 Å². The van der Waals surface area contributed by atoms with E-state index in [1.165, 1.54) is 37.3 Å². The van der Waals surface area contributed by atoms with Crippen molar-refractivity contribution < 1.29 is 4.79 Å². The predicted molar refractivity (Wildman–Crippen MR) is 104 cm³/mol. The summed E-state index contributed by atoms with van der Waals surface area (Å²) in [7, 11) is 0. The lowest BCUT2D eigenvalue weighted by Gasteiger charge is -2.28. The third kappa shape index (κ3) is 3.53. The zero-order valence-electron chi connectivity index (χ0n) is 14.9. The Bertz CT molecular complexity index is 815. The van der Waals surface area contributed by atoms with Crippen molar-refractivity contribution in [2.75, 3.05) is 26.2 Å². The fourth-order valence-electron chi connectivity index (χ4n) is 4.05. The molecule has 0 bridgehead atoms. The van der Waals surface area contributed by atoms with Crippen LogP contribution in [0.15, 0.2) is 36.4 Å². The Morgan fingerprint density at radius 2 is 1.85 bits per heavy atom. The molecule has 1 aromatic carbocycles. The number of hydrogen-bond donors (Lipinski definition) is 0. The minimum atomic E-state index is 0.155. The summed E-state index contributed by atoms with van der Waals surface area (Å²) >= 11 is 1.48. The van der Waals surface area contributed by atoms with Crippen LogP contribution in [-0.2, 0) is 0 Å². The van der Waals surface area contributed by atoms with Gasteiger partial charge >= 0.3 is 0 Å². The van der Waals surface area contributed by atoms with Gasteiger partial charge in [-0.3, -0.25) is 4.79 Å². The number of rotatable bonds is 4. The Labute approximate surface area is 158 Å². The number of hydrogen-bond acceptors (Lipinski definition) is 4. The Morgan fingerprint density at radius 3 is 2.54 bits per heavy atom. The molecule has 3 heterocycles. The lowest BCUT2D eigenvalue weighted by molar-refractivity contribution is 0.0709. The van der Waals surface area contributed by atoms with E-state index in [1.807, 2.05) is 36.4 Å². The monoisotopic (exact) mass is 365 g/mol. The van der Waals surface area contributed by atoms with Gasteiger partial charge in [0.25, 0.3) is 5.91 Å². The molecule has 2 aromatic rings. The number of amides is 1. The summed E-state index contributed by atoms with van der Waals surface area (Å²) in [6.45, 7) is 4.25. The van der Waals surface area contributed by atoms with Crippen molar-refractivity contribution in [1.29, 1.82) is 5.26 Å². The quantitative estimate of drug-likeness (QED) is 0.823. The fraction of sp³-hybridized carbons (Fsp3) is 0.429. The third-order valence-corrected chi connectivity index (χ3v) is 6.48. The molecule has 0 radical (unpaired) electrons. The van der Waals surface area contributed by atoms with Crippen LogP contribution in [-0.4, -0.2) is 47.9 Å². The molecule has 1 unspecified atom stereocenters. The van der Waals surface area contributed by atoms with E-state index in [0.29, 0.717) is 10.9 Å². The molecule has 1 aromatic heterocycles. The Kier molecular flexibility index (Phi) is 5.05. The Balaban J connectivity index is 1.46. The molecule has 2 fully saturated rings. The first kappa shape index (κ1) is 17.3. The van der Waals surface area contributed by atoms with Crippen LogP contribution >= 0.6 is 11.3 Å². The topological polar surface area (TPSA) is 47.3 Å². The van der Waals surface area contributed by atoms with Crippen molar-refractivity contribution in [3.63, 3.8) is 0 Å². The van der Waals surface area contributed by atoms with Crippen molar-refractivity contribution in [2.45, 2.75) is 31.7 Å². The molecule has 134 valence electrons. The van der Waals surface area contributed by atoms with E-state index < -0.39 is 0 Å². The number of nitriles is 1. The first-order chi connectivity index (χ1) is 12.7. The maximum Gasteiger partial charge on any atom is 0.254 e. The maximum absolute atomic E-state index is 13.0. The van der Waals surface area contributed by atoms with E-state index in [9.17, 15) is 4.79 Å². The van der Waals surface area contributed by atoms with Crippen molar-refractivity contribution in [2.24, 2.45) is 0 Å². The summed E-state index contributed by atoms with van der Waals surface area (Å²) < 4.78 is 0. The molecule has 0 saturated carbocycles. The highest BCUT2D eigenvalue weighted by Crippen LogP contribution is 2.29. The summed E-state index contributed by atoms with van der Waals surface area (Å²) in [5.74, 6) is 0.155. The molecule has 5 heteroatoms. The normalized spacial score (nSPS) is 20.4. The second-order valence-electron chi connectivity index (χ2n) is 7.16. The third-order valence-electron chi connectivity index (χ3n) is 5.44. The van der Waals surface area contributed by atoms with Crippen LogP contribution in [0, 0.1) is 11.3 Å². The van der Waals surface area contributed by atoms with Gasteiger partial charge in [-0.05, 0) is 68.6 Å². The number of likely N-dealkylation sites (tertiary alicyclic amines) is 2. The van der Waals surface area contributed by atoms with E-state index in [1.54, 1.807) is 0 Å². The van der Waals surface area contributed by atoms with Gasteiger partial charge in [0.15, 0.2) is 0 Å². The highest BCUT2D eigenvalue weighted by atomic mass is 32.1. The van der Waals surface area contributed by atoms with E-state index >= 15 is 0 Å². The van der Waals surface area contributed by atoms with Gasteiger partial charge in [0.2, 0.25) is 0 Å². The maximum atomic E-state index is 13.0. The number of nitrogens with zero attached hydrogens (tertiary/aromatic N) is 3. The predicted octanol–water partition coefficient (Wildman–Crippen LogP) is 3.99. The van der Waals surface area contributed by atoms with Crippen LogP contribution in [0.25, 0.3) is 10.4 Å². The first-order valence-electron chi connectivity index (χ1n) is 9.38. The molecule has 0 N–H and O–H groups in total. The summed E-state index contributed by atoms with van der Waals surface area (Å²) in [4.78, 5) is 19.3. The van der Waals surface area contributed by atoms with Gasteiger partial charge in [0.1, 0.15) is 10.9 Å². The van der Waals surface area contributed by atoms with Gasteiger partial charge in [-0.15, -0.1) is 11.3 Å². The summed E-state index contributed by atoms with van der Waals surface area (Å²) in [6.07, 6.45) is 4.80. The SMILES string of the molecule is N#Cc1ccc(-c2ccc(C(=O)N3CCCC3CN3CCCC3)cc2)s1. The zero-order chi connectivity index (χ0) is 17.9. The Morgan fingerprint density at radius 1 is 1.08 bits per heavy atom. The van der Waals surface area contributed by atoms with Gasteiger partial charge < -0.3 is 9.80 Å². The van der Waals surface area contributed by atoms with Crippen LogP contribution in [0.3, 0.4) is 0 Å². The molecule has 2 aliphatic rings. The first-order valence-corrected chi connectivity index (χ1v) is 10.2. The van der Waals surface area contributed by atoms with Crippen molar-refractivity contribution in [1.82, 2.24) is 9.80 Å². The molecule has 0 spiro atoms. The van der Waals surface area contributed by atoms with Gasteiger partial charge in [-0.1, -0.05) is 12.1 Å². The van der Waals surface area contributed by atoms with E-state index in [4.69, 9.17) is 5.26 Å². The lowest BCUT2D eigenvalue weighted by atomic mass is 10.1. The van der Waals surface area contributed by atoms with Crippen molar-refractivity contribution in [3.05, 3.63) is 46.8 Å². The van der Waals surface area contributed by atoms with E-state index in [2.05, 4.69) is 15.9 Å². The van der Waals surface area contributed by atoms with Gasteiger partial charge in [0, 0.05) is 29.6 Å². The lowest BCUT2D eigenvalue weighted by Crippen LogP contribution is -2.42. The molecular formula is C21H23N3OS. The van der Waals surface area contributed by atoms with Crippen LogP contribution in [0.1, 0.15) is 40.9 Å². The standard InChI is InChI=1S/C21H23N3OS/c22-14-19-9-10-20(26-19)16-5-7-17(8-6-16)21(25)24-13-3-4-18(24)15-23-11-1-2-12-23/h5-10,18H,1-4,11-13,15H2. The average molecular weight is 366 g/mol. The molecule has 1 amide bonds. The second-order valence-corrected chi connectivity index (χ2v) is 8.24. The van der Waals surface area contributed by atoms with Gasteiger partial charge in [-0.25, -0.2) is 0 Å². The molecule has 4 rings (SSSR count). The van der Waals surface area contributed by atoms with Crippen LogP contribution < -0.4 is 0 Å². The number of benzene rings is 1. The molecule has 4 nitrogen and oxygen atoms in total. The average Bonchev–Trinajstić information content (AvgIpc) is 3.43. The summed E-state index contributed by atoms with van der Waals surface area (Å²) in [6, 6.07) is 14.2. The smallest absolute Gasteiger partial charge is 0.254 e. The second kappa shape index (κ2) is 7.61. The van der Waals surface area contributed by atoms with E-state index in [-0.39, 0.29) is 5.91 Å². The number of carbonyl (C=O) groups excluding carboxylic acids is 1. The van der Waals surface area contributed by atoms with Crippen molar-refractivity contribution in [3.8, 4) is 16.5 Å². The molecule has 2 aliphatic heterocycles. The number of carbonyl (C=O) groups is 1. The van der Waals surface area contributed by atoms with Gasteiger partial charge in [0.05, 0.1) is 0 Å². The minimum absolute atomic E-state index is 0.155. The highest BCUT2D eigenvalue weighted by molar-refractivity contribution is 7.16. The van der Waals surface area contributed by atoms with E-state index in [0.717, 1.165) is 41.9 Å².